The lowest BCUT2D eigenvalue weighted by Gasteiger charge is -2.03. The van der Waals surface area contributed by atoms with E-state index >= 15 is 0 Å². The third-order valence-electron chi connectivity index (χ3n) is 1.51. The first kappa shape index (κ1) is 10.0. The lowest BCUT2D eigenvalue weighted by molar-refractivity contribution is 0.0903. The van der Waals surface area contributed by atoms with Gasteiger partial charge in [-0.1, -0.05) is 0 Å². The van der Waals surface area contributed by atoms with Crippen LogP contribution < -0.4 is 0 Å². The molecule has 0 unspecified atom stereocenters. The molecule has 70 valence electrons. The Balaban J connectivity index is 3.20. The van der Waals surface area contributed by atoms with Crippen molar-refractivity contribution in [1.29, 1.82) is 0 Å². The molecule has 0 saturated heterocycles. The average molecular weight is 247 g/mol. The molecule has 1 rings (SSSR count). The molecule has 0 aliphatic rings. The van der Waals surface area contributed by atoms with Crippen LogP contribution in [0.4, 0.5) is 0 Å². The monoisotopic (exact) mass is 246 g/mol. The van der Waals surface area contributed by atoms with Crippen LogP contribution in [0, 0.1) is 0 Å². The summed E-state index contributed by atoms with van der Waals surface area (Å²) in [4.78, 5) is 11.0. The Morgan fingerprint density at radius 1 is 1.38 bits per heavy atom. The summed E-state index contributed by atoms with van der Waals surface area (Å²) in [5.74, 6) is -1.24. The summed E-state index contributed by atoms with van der Waals surface area (Å²) in [6, 6.07) is 2.42. The third-order valence-corrected chi connectivity index (χ3v) is 2.11. The third kappa shape index (κ3) is 1.99. The van der Waals surface area contributed by atoms with Crippen molar-refractivity contribution in [3.8, 4) is 11.5 Å². The number of benzene rings is 1. The van der Waals surface area contributed by atoms with Gasteiger partial charge in [0.1, 0.15) is 6.61 Å². The van der Waals surface area contributed by atoms with Gasteiger partial charge in [0.25, 0.3) is 0 Å². The molecule has 5 heteroatoms. The highest BCUT2D eigenvalue weighted by Crippen LogP contribution is 2.34. The molecule has 3 N–H and O–H groups in total. The number of aliphatic hydroxyl groups is 1. The van der Waals surface area contributed by atoms with E-state index in [1.54, 1.807) is 0 Å². The fourth-order valence-corrected chi connectivity index (χ4v) is 1.29. The molecule has 0 aliphatic heterocycles. The number of carbonyl (C=O) groups excluding carboxylic acids is 1. The van der Waals surface area contributed by atoms with E-state index in [9.17, 15) is 4.79 Å². The molecular formula is C8H7BrO4. The molecule has 0 bridgehead atoms. The number of aromatic hydroxyl groups is 2. The Hall–Kier alpha value is -1.07. The average Bonchev–Trinajstić information content (AvgIpc) is 2.12. The summed E-state index contributed by atoms with van der Waals surface area (Å²) >= 11 is 2.95. The minimum Gasteiger partial charge on any atom is -0.504 e. The van der Waals surface area contributed by atoms with Crippen LogP contribution in [0.1, 0.15) is 10.4 Å². The van der Waals surface area contributed by atoms with Crippen molar-refractivity contribution in [3.05, 3.63) is 22.2 Å². The Morgan fingerprint density at radius 3 is 2.46 bits per heavy atom. The number of halogens is 1. The molecule has 4 nitrogen and oxygen atoms in total. The first-order valence-electron chi connectivity index (χ1n) is 3.41. The smallest absolute Gasteiger partial charge is 0.188 e. The zero-order valence-electron chi connectivity index (χ0n) is 6.49. The molecule has 0 radical (unpaired) electrons. The molecule has 0 aromatic heterocycles. The number of hydrogen-bond acceptors (Lipinski definition) is 4. The van der Waals surface area contributed by atoms with Gasteiger partial charge in [0.05, 0.1) is 4.47 Å². The quantitative estimate of drug-likeness (QED) is 0.538. The van der Waals surface area contributed by atoms with Crippen LogP contribution in [-0.4, -0.2) is 27.7 Å². The van der Waals surface area contributed by atoms with Crippen LogP contribution in [0.15, 0.2) is 16.6 Å². The molecule has 13 heavy (non-hydrogen) atoms. The zero-order chi connectivity index (χ0) is 10.0. The summed E-state index contributed by atoms with van der Waals surface area (Å²) < 4.78 is 0.212. The van der Waals surface area contributed by atoms with Gasteiger partial charge in [-0.25, -0.2) is 0 Å². The Bertz CT molecular complexity index is 325. The summed E-state index contributed by atoms with van der Waals surface area (Å²) in [6.07, 6.45) is 0. The maximum atomic E-state index is 11.0. The van der Waals surface area contributed by atoms with Crippen LogP contribution in [0.2, 0.25) is 0 Å². The van der Waals surface area contributed by atoms with Crippen molar-refractivity contribution in [1.82, 2.24) is 0 Å². The van der Waals surface area contributed by atoms with Crippen molar-refractivity contribution in [2.45, 2.75) is 0 Å². The highest BCUT2D eigenvalue weighted by atomic mass is 79.9. The van der Waals surface area contributed by atoms with E-state index < -0.39 is 18.1 Å². The summed E-state index contributed by atoms with van der Waals surface area (Å²) in [6.45, 7) is -0.628. The Kier molecular flexibility index (Phi) is 2.90. The first-order chi connectivity index (χ1) is 6.06. The highest BCUT2D eigenvalue weighted by Gasteiger charge is 2.11. The van der Waals surface area contributed by atoms with Gasteiger partial charge in [-0.2, -0.15) is 0 Å². The zero-order valence-corrected chi connectivity index (χ0v) is 8.08. The first-order valence-corrected chi connectivity index (χ1v) is 4.21. The molecule has 0 saturated carbocycles. The van der Waals surface area contributed by atoms with Gasteiger partial charge in [-0.15, -0.1) is 0 Å². The maximum Gasteiger partial charge on any atom is 0.188 e. The number of aliphatic hydroxyl groups excluding tert-OH is 1. The van der Waals surface area contributed by atoms with E-state index in [0.717, 1.165) is 6.07 Å². The number of carbonyl (C=O) groups is 1. The summed E-state index contributed by atoms with van der Waals surface area (Å²) in [7, 11) is 0. The Labute approximate surface area is 82.6 Å². The van der Waals surface area contributed by atoms with E-state index in [1.165, 1.54) is 6.07 Å². The second-order valence-electron chi connectivity index (χ2n) is 2.41. The van der Waals surface area contributed by atoms with Crippen LogP contribution in [-0.2, 0) is 0 Å². The predicted octanol–water partition coefficient (Wildman–Crippen LogP) is 1.04. The number of hydrogen-bond donors (Lipinski definition) is 3. The van der Waals surface area contributed by atoms with Crippen molar-refractivity contribution in [3.63, 3.8) is 0 Å². The van der Waals surface area contributed by atoms with Gasteiger partial charge in [0.2, 0.25) is 0 Å². The van der Waals surface area contributed by atoms with E-state index in [2.05, 4.69) is 15.9 Å². The van der Waals surface area contributed by atoms with Crippen molar-refractivity contribution >= 4 is 21.7 Å². The highest BCUT2D eigenvalue weighted by molar-refractivity contribution is 9.10. The molecular weight excluding hydrogens is 240 g/mol. The number of rotatable bonds is 2. The molecule has 0 heterocycles. The number of phenols is 2. The Morgan fingerprint density at radius 2 is 2.00 bits per heavy atom. The predicted molar refractivity (Wildman–Crippen MR) is 48.9 cm³/mol. The SMILES string of the molecule is O=C(CO)c1cc(O)c(O)c(Br)c1. The molecule has 0 fully saturated rings. The fraction of sp³-hybridized carbons (Fsp3) is 0.125. The van der Waals surface area contributed by atoms with Gasteiger partial charge in [0, 0.05) is 5.56 Å². The normalized spacial score (nSPS) is 10.0. The van der Waals surface area contributed by atoms with Gasteiger partial charge < -0.3 is 15.3 Å². The molecule has 0 spiro atoms. The van der Waals surface area contributed by atoms with Crippen LogP contribution in [0.25, 0.3) is 0 Å². The van der Waals surface area contributed by atoms with Gasteiger partial charge in [0.15, 0.2) is 17.3 Å². The van der Waals surface area contributed by atoms with Crippen molar-refractivity contribution < 1.29 is 20.1 Å². The van der Waals surface area contributed by atoms with E-state index in [4.69, 9.17) is 15.3 Å². The molecule has 0 amide bonds. The summed E-state index contributed by atoms with van der Waals surface area (Å²) in [5.41, 5.74) is 0.143. The standard InChI is InChI=1S/C8H7BrO4/c9-5-1-4(7(12)3-10)2-6(11)8(5)13/h1-2,10-11,13H,3H2. The molecule has 0 aliphatic carbocycles. The molecule has 0 atom stereocenters. The number of ketones is 1. The van der Waals surface area contributed by atoms with Crippen molar-refractivity contribution in [2.75, 3.05) is 6.61 Å². The van der Waals surface area contributed by atoms with Crippen LogP contribution >= 0.6 is 15.9 Å². The van der Waals surface area contributed by atoms with E-state index in [-0.39, 0.29) is 15.8 Å². The topological polar surface area (TPSA) is 77.8 Å². The maximum absolute atomic E-state index is 11.0. The van der Waals surface area contributed by atoms with Gasteiger partial charge in [-0.3, -0.25) is 4.79 Å². The summed E-state index contributed by atoms with van der Waals surface area (Å²) in [5, 5.41) is 26.8. The largest absolute Gasteiger partial charge is 0.504 e. The van der Waals surface area contributed by atoms with Crippen LogP contribution in [0.5, 0.6) is 11.5 Å². The fourth-order valence-electron chi connectivity index (χ4n) is 0.837. The van der Waals surface area contributed by atoms with Crippen LogP contribution in [0.3, 0.4) is 0 Å². The van der Waals surface area contributed by atoms with Gasteiger partial charge >= 0.3 is 0 Å². The lowest BCUT2D eigenvalue weighted by atomic mass is 10.1. The van der Waals surface area contributed by atoms with Crippen molar-refractivity contribution in [2.24, 2.45) is 0 Å². The second-order valence-corrected chi connectivity index (χ2v) is 3.26. The molecule has 1 aromatic carbocycles. The second kappa shape index (κ2) is 3.76. The number of Topliss-reactive ketones (excluding diaryl/α,β-unsaturated/α-hetero) is 1. The van der Waals surface area contributed by atoms with Gasteiger partial charge in [-0.05, 0) is 28.1 Å². The lowest BCUT2D eigenvalue weighted by Crippen LogP contribution is -2.03. The van der Waals surface area contributed by atoms with E-state index in [1.807, 2.05) is 0 Å². The minimum absolute atomic E-state index is 0.143. The number of phenolic OH excluding ortho intramolecular Hbond substituents is 2. The minimum atomic E-state index is -0.628. The molecule has 1 aromatic rings. The van der Waals surface area contributed by atoms with E-state index in [0.29, 0.717) is 0 Å².